The normalized spacial score (nSPS) is 25.4. The summed E-state index contributed by atoms with van der Waals surface area (Å²) in [5.41, 5.74) is 1.27. The summed E-state index contributed by atoms with van der Waals surface area (Å²) in [6, 6.07) is 13.2. The zero-order chi connectivity index (χ0) is 27.1. The predicted octanol–water partition coefficient (Wildman–Crippen LogP) is 3.79. The van der Waals surface area contributed by atoms with Crippen LogP contribution in [-0.4, -0.2) is 80.3 Å². The second-order valence-electron chi connectivity index (χ2n) is 10.9. The van der Waals surface area contributed by atoms with Gasteiger partial charge in [-0.2, -0.15) is 0 Å². The number of nitriles is 1. The van der Waals surface area contributed by atoms with Crippen molar-refractivity contribution in [1.82, 2.24) is 14.7 Å². The molecule has 1 heterocycles. The van der Waals surface area contributed by atoms with E-state index in [2.05, 4.69) is 46.7 Å². The van der Waals surface area contributed by atoms with E-state index in [1.807, 2.05) is 18.2 Å². The number of fused-ring (bicyclic) bond motifs is 1. The zero-order valence-electron chi connectivity index (χ0n) is 21.6. The molecule has 0 bridgehead atoms. The molecule has 0 amide bonds. The van der Waals surface area contributed by atoms with Gasteiger partial charge in [-0.3, -0.25) is 0 Å². The average Bonchev–Trinajstić information content (AvgIpc) is 3.52. The van der Waals surface area contributed by atoms with Gasteiger partial charge in [0.2, 0.25) is 0 Å². The van der Waals surface area contributed by atoms with Crippen molar-refractivity contribution in [2.75, 3.05) is 51.6 Å². The topological polar surface area (TPSA) is 45.5 Å². The molecule has 38 heavy (non-hydrogen) atoms. The van der Waals surface area contributed by atoms with Crippen LogP contribution in [0.15, 0.2) is 42.5 Å². The molecule has 10 heteroatoms. The van der Waals surface area contributed by atoms with Crippen molar-refractivity contribution >= 4 is 18.9 Å². The summed E-state index contributed by atoms with van der Waals surface area (Å²) in [5, 5.41) is 12.4. The molecule has 5 rings (SSSR count). The predicted molar refractivity (Wildman–Crippen MR) is 142 cm³/mol. The molecule has 5 nitrogen and oxygen atoms in total. The Morgan fingerprint density at radius 3 is 2.63 bits per heavy atom. The van der Waals surface area contributed by atoms with Gasteiger partial charge in [-0.25, -0.2) is 0 Å². The van der Waals surface area contributed by atoms with Crippen LogP contribution in [0.25, 0.3) is 0 Å². The summed E-state index contributed by atoms with van der Waals surface area (Å²) in [4.78, 5) is 6.92. The zero-order valence-corrected chi connectivity index (χ0v) is 21.6. The molecular weight excluding hydrogens is 493 g/mol. The molecule has 2 saturated carbocycles. The minimum absolute atomic E-state index is 0.0310. The summed E-state index contributed by atoms with van der Waals surface area (Å²) in [5.74, 6) is -0.917. The van der Waals surface area contributed by atoms with Gasteiger partial charge >= 0.3 is 222 Å². The second kappa shape index (κ2) is 10.3. The second-order valence-corrected chi connectivity index (χ2v) is 10.9. The Hall–Kier alpha value is -2.90. The van der Waals surface area contributed by atoms with Crippen molar-refractivity contribution in [3.05, 3.63) is 65.0 Å². The van der Waals surface area contributed by atoms with Gasteiger partial charge in [0, 0.05) is 0 Å². The molecule has 0 spiro atoms. The number of rotatable bonds is 8. The molecule has 0 radical (unpaired) electrons. The first kappa shape index (κ1) is 26.7. The van der Waals surface area contributed by atoms with E-state index >= 15 is 0 Å². The van der Waals surface area contributed by atoms with Crippen LogP contribution in [0.1, 0.15) is 36.0 Å². The number of hydrogen-bond donors (Lipinski definition) is 1. The third-order valence-electron chi connectivity index (χ3n) is 8.61. The summed E-state index contributed by atoms with van der Waals surface area (Å²) >= 11 is 0. The SMILES string of the molecule is B=C(Nc1ccc(F)c(C(F)(F)F)c1)N(CCN1CCN(C)CC1)[C@@H]1CC[C@]2(c3cccc(C#N)c3)C[C@H]12. The number of alkyl halides is 3. The van der Waals surface area contributed by atoms with E-state index in [1.165, 1.54) is 11.6 Å². The summed E-state index contributed by atoms with van der Waals surface area (Å²) in [6.45, 7) is 5.45. The standard InChI is InChI=1S/C28H32BF4N5/c1-36-9-11-37(12-10-36)13-14-38(26(29)35-21-5-6-24(30)22(16-21)28(31,32)33)25-7-8-27(17-23(25)27)20-4-2-3-19(15-20)18-34/h2-6,15-16,23,25,29,35H,7-14,17H2,1H3/t23-,25-,27-/m1/s1. The maximum atomic E-state index is 13.9. The maximum absolute atomic E-state index is 13.9. The molecule has 2 aromatic rings. The fourth-order valence-corrected chi connectivity index (χ4v) is 6.36. The van der Waals surface area contributed by atoms with Gasteiger partial charge in [0.25, 0.3) is 0 Å². The number of piperazine rings is 1. The van der Waals surface area contributed by atoms with Crippen LogP contribution >= 0.6 is 0 Å². The summed E-state index contributed by atoms with van der Waals surface area (Å²) < 4.78 is 53.8. The van der Waals surface area contributed by atoms with Crippen LogP contribution in [0.3, 0.4) is 0 Å². The number of benzene rings is 2. The Labute approximate surface area is 222 Å². The van der Waals surface area contributed by atoms with E-state index in [1.54, 1.807) is 0 Å². The molecule has 1 aliphatic heterocycles. The van der Waals surface area contributed by atoms with Gasteiger partial charge in [0.15, 0.2) is 0 Å². The first-order chi connectivity index (χ1) is 18.1. The Bertz CT molecular complexity index is 1240. The van der Waals surface area contributed by atoms with Gasteiger partial charge < -0.3 is 0 Å². The van der Waals surface area contributed by atoms with Gasteiger partial charge in [0.1, 0.15) is 0 Å². The molecule has 0 unspecified atom stereocenters. The van der Waals surface area contributed by atoms with Crippen molar-refractivity contribution in [2.24, 2.45) is 5.92 Å². The van der Waals surface area contributed by atoms with E-state index < -0.39 is 17.6 Å². The first-order valence-electron chi connectivity index (χ1n) is 13.1. The number of likely N-dealkylation sites (N-methyl/N-ethyl adjacent to an activating group) is 1. The van der Waals surface area contributed by atoms with Crippen molar-refractivity contribution in [2.45, 2.75) is 36.9 Å². The van der Waals surface area contributed by atoms with Crippen LogP contribution in [-0.2, 0) is 11.6 Å². The molecule has 200 valence electrons. The molecule has 3 aliphatic rings. The Balaban J connectivity index is 1.35. The third kappa shape index (κ3) is 5.32. The molecule has 1 saturated heterocycles. The van der Waals surface area contributed by atoms with E-state index in [-0.39, 0.29) is 17.1 Å². The molecule has 3 atom stereocenters. The Kier molecular flexibility index (Phi) is 7.27. The van der Waals surface area contributed by atoms with Gasteiger partial charge in [-0.15, -0.1) is 0 Å². The molecule has 2 aromatic carbocycles. The average molecular weight is 525 g/mol. The Morgan fingerprint density at radius 2 is 1.95 bits per heavy atom. The first-order valence-corrected chi connectivity index (χ1v) is 13.1. The number of anilines is 1. The third-order valence-corrected chi connectivity index (χ3v) is 8.61. The quantitative estimate of drug-likeness (QED) is 0.420. The fraction of sp³-hybridized carbons (Fsp3) is 0.500. The van der Waals surface area contributed by atoms with Crippen molar-refractivity contribution in [3.63, 3.8) is 0 Å². The van der Waals surface area contributed by atoms with E-state index in [4.69, 9.17) is 0 Å². The molecular formula is C28H32BF4N5. The van der Waals surface area contributed by atoms with Crippen LogP contribution in [0, 0.1) is 23.1 Å². The molecule has 1 N–H and O–H groups in total. The van der Waals surface area contributed by atoms with Gasteiger partial charge in [-0.05, 0) is 0 Å². The van der Waals surface area contributed by atoms with Crippen molar-refractivity contribution in [1.29, 1.82) is 5.26 Å². The number of hydrogen-bond acceptors (Lipinski definition) is 5. The summed E-state index contributed by atoms with van der Waals surface area (Å²) in [7, 11) is 6.34. The molecule has 0 aromatic heterocycles. The Morgan fingerprint density at radius 1 is 1.18 bits per heavy atom. The van der Waals surface area contributed by atoms with Crippen molar-refractivity contribution in [3.8, 4) is 6.07 Å². The monoisotopic (exact) mass is 525 g/mol. The number of nitrogens with zero attached hydrogens (tertiary/aromatic N) is 4. The van der Waals surface area contributed by atoms with E-state index in [9.17, 15) is 22.8 Å². The van der Waals surface area contributed by atoms with Gasteiger partial charge in [0.05, 0.1) is 0 Å². The van der Waals surface area contributed by atoms with Crippen LogP contribution in [0.5, 0.6) is 0 Å². The summed E-state index contributed by atoms with van der Waals surface area (Å²) in [6.07, 6.45) is -1.84. The van der Waals surface area contributed by atoms with Crippen LogP contribution in [0.4, 0.5) is 23.2 Å². The minimum atomic E-state index is -4.78. The van der Waals surface area contributed by atoms with Crippen LogP contribution in [0.2, 0.25) is 0 Å². The van der Waals surface area contributed by atoms with E-state index in [0.717, 1.165) is 64.1 Å². The number of halogens is 4. The molecule has 2 aliphatic carbocycles. The van der Waals surface area contributed by atoms with E-state index in [0.29, 0.717) is 23.7 Å². The molecule has 3 fully saturated rings. The van der Waals surface area contributed by atoms with Gasteiger partial charge in [-0.1, -0.05) is 0 Å². The fourth-order valence-electron chi connectivity index (χ4n) is 6.36. The number of nitrogens with one attached hydrogen (secondary N) is 1. The van der Waals surface area contributed by atoms with Crippen molar-refractivity contribution < 1.29 is 17.6 Å². The van der Waals surface area contributed by atoms with Crippen LogP contribution < -0.4 is 5.32 Å².